The number of carboxylic acid groups (broad SMARTS) is 1. The van der Waals surface area contributed by atoms with Gasteiger partial charge in [-0.05, 0) is 56.1 Å². The lowest BCUT2D eigenvalue weighted by Gasteiger charge is -2.44. The molecule has 2 aromatic heterocycles. The highest BCUT2D eigenvalue weighted by Gasteiger charge is 2.38. The number of fused-ring (bicyclic) bond motifs is 1. The lowest BCUT2D eigenvalue weighted by atomic mass is 9.78. The molecule has 0 spiro atoms. The van der Waals surface area contributed by atoms with E-state index in [-0.39, 0.29) is 18.3 Å². The average Bonchev–Trinajstić information content (AvgIpc) is 3.63. The van der Waals surface area contributed by atoms with Gasteiger partial charge in [-0.1, -0.05) is 25.0 Å². The summed E-state index contributed by atoms with van der Waals surface area (Å²) in [5.41, 5.74) is 8.54. The van der Waals surface area contributed by atoms with Gasteiger partial charge >= 0.3 is 12.1 Å². The van der Waals surface area contributed by atoms with Crippen LogP contribution in [0.15, 0.2) is 39.9 Å². The maximum Gasteiger partial charge on any atom is 0.490 e. The number of hydrogen-bond donors (Lipinski definition) is 3. The first-order valence-corrected chi connectivity index (χ1v) is 16.2. The van der Waals surface area contributed by atoms with Crippen LogP contribution in [-0.4, -0.2) is 64.3 Å². The van der Waals surface area contributed by atoms with Crippen LogP contribution in [0.1, 0.15) is 43.4 Å². The van der Waals surface area contributed by atoms with Crippen molar-refractivity contribution in [3.05, 3.63) is 40.6 Å². The van der Waals surface area contributed by atoms with E-state index < -0.39 is 12.1 Å². The fraction of sp³-hybridized carbons (Fsp3) is 0.429. The Morgan fingerprint density at radius 3 is 2.62 bits per heavy atom. The summed E-state index contributed by atoms with van der Waals surface area (Å²) in [5.74, 6) is -1.22. The van der Waals surface area contributed by atoms with E-state index in [1.165, 1.54) is 37.0 Å². The maximum absolute atomic E-state index is 13.0. The molecular weight excluding hydrogens is 610 g/mol. The molecule has 0 radical (unpaired) electrons. The summed E-state index contributed by atoms with van der Waals surface area (Å²) in [5, 5.41) is 17.8. The highest BCUT2D eigenvalue weighted by molar-refractivity contribution is 8.00. The molecule has 0 bridgehead atoms. The topological polar surface area (TPSA) is 130 Å². The monoisotopic (exact) mass is 640 g/mol. The molecule has 2 fully saturated rings. The number of thiophene rings is 1. The van der Waals surface area contributed by atoms with E-state index in [9.17, 15) is 18.0 Å². The lowest BCUT2D eigenvalue weighted by Crippen LogP contribution is -2.51. The third-order valence-electron chi connectivity index (χ3n) is 7.18. The Morgan fingerprint density at radius 2 is 1.93 bits per heavy atom. The molecule has 14 heteroatoms. The first-order valence-electron chi connectivity index (χ1n) is 13.3. The molecule has 2 unspecified atom stereocenters. The number of amidine groups is 1. The van der Waals surface area contributed by atoms with E-state index in [4.69, 9.17) is 30.8 Å². The molecule has 2 aliphatic rings. The van der Waals surface area contributed by atoms with Crippen LogP contribution in [0.2, 0.25) is 0 Å². The van der Waals surface area contributed by atoms with Gasteiger partial charge in [-0.25, -0.2) is 9.78 Å². The summed E-state index contributed by atoms with van der Waals surface area (Å²) in [6.07, 6.45) is 4.21. The summed E-state index contributed by atoms with van der Waals surface area (Å²) >= 11 is 4.74. The number of carbonyl (C=O) groups excluding carboxylic acids is 1. The largest absolute Gasteiger partial charge is 0.490 e. The van der Waals surface area contributed by atoms with Gasteiger partial charge in [0.25, 0.3) is 5.91 Å². The molecule has 42 heavy (non-hydrogen) atoms. The molecule has 3 heterocycles. The van der Waals surface area contributed by atoms with Crippen molar-refractivity contribution in [2.75, 3.05) is 19.4 Å². The number of alkyl halides is 3. The van der Waals surface area contributed by atoms with Crippen molar-refractivity contribution in [3.63, 3.8) is 0 Å². The van der Waals surface area contributed by atoms with Crippen LogP contribution in [0, 0.1) is 11.3 Å². The molecule has 1 saturated carbocycles. The van der Waals surface area contributed by atoms with Gasteiger partial charge in [0.05, 0.1) is 14.8 Å². The zero-order valence-corrected chi connectivity index (χ0v) is 25.2. The summed E-state index contributed by atoms with van der Waals surface area (Å²) in [7, 11) is 0. The number of halogens is 3. The Bertz CT molecular complexity index is 1420. The number of amides is 1. The SMILES string of the molecule is CSc1sc(C(=N)N)cc1-c1nc(-c2cccc(OCC(=O)N3CCCC4CCCCC43)c2)cs1.O=C(O)C(F)(F)F. The minimum absolute atomic E-state index is 0.0782. The third-order valence-corrected chi connectivity index (χ3v) is 10.4. The second-order valence-corrected chi connectivity index (χ2v) is 12.9. The minimum atomic E-state index is -5.08. The third kappa shape index (κ3) is 7.84. The first-order chi connectivity index (χ1) is 20.0. The fourth-order valence-corrected chi connectivity index (χ4v) is 7.96. The molecule has 2 atom stereocenters. The first kappa shape index (κ1) is 31.8. The Hall–Kier alpha value is -3.10. The molecule has 1 aromatic carbocycles. The van der Waals surface area contributed by atoms with Crippen molar-refractivity contribution in [2.24, 2.45) is 11.7 Å². The second kappa shape index (κ2) is 13.9. The van der Waals surface area contributed by atoms with Crippen molar-refractivity contribution in [3.8, 4) is 27.6 Å². The van der Waals surface area contributed by atoms with Gasteiger partial charge < -0.3 is 20.5 Å². The Labute approximate surface area is 253 Å². The predicted octanol–water partition coefficient (Wildman–Crippen LogP) is 6.74. The molecular formula is C28H31F3N4O4S3. The smallest absolute Gasteiger partial charge is 0.484 e. The fourth-order valence-electron chi connectivity index (χ4n) is 5.25. The Kier molecular flexibility index (Phi) is 10.5. The number of aromatic nitrogens is 1. The van der Waals surface area contributed by atoms with Gasteiger partial charge in [-0.3, -0.25) is 10.2 Å². The number of nitrogen functional groups attached to an aromatic ring is 1. The number of rotatable bonds is 7. The van der Waals surface area contributed by atoms with E-state index in [1.807, 2.05) is 42.0 Å². The van der Waals surface area contributed by atoms with Gasteiger partial charge in [0.1, 0.15) is 16.6 Å². The number of piperidine rings is 1. The number of nitrogens with zero attached hydrogens (tertiary/aromatic N) is 2. The van der Waals surface area contributed by atoms with Crippen molar-refractivity contribution < 1.29 is 32.6 Å². The minimum Gasteiger partial charge on any atom is -0.484 e. The molecule has 1 saturated heterocycles. The van der Waals surface area contributed by atoms with Gasteiger partial charge in [0.2, 0.25) is 0 Å². The standard InChI is InChI=1S/C26H30N4O2S3.C2HF3O2/c1-33-26-19(13-22(35-26)24(27)28)25-29-20(15-34-25)17-7-4-9-18(12-17)32-14-23(31)30-11-5-8-16-6-2-3-10-21(16)30;3-2(4,5)1(6)7/h4,7,9,12-13,15-16,21H,2-3,5-6,8,10-11,14H2,1H3,(H3,27,28);(H,6,7). The normalized spacial score (nSPS) is 18.4. The van der Waals surface area contributed by atoms with Crippen molar-refractivity contribution in [1.82, 2.24) is 9.88 Å². The number of carbonyl (C=O) groups is 2. The number of thioether (sulfide) groups is 1. The number of thiazole rings is 1. The van der Waals surface area contributed by atoms with Gasteiger partial charge in [0, 0.05) is 29.1 Å². The molecule has 226 valence electrons. The van der Waals surface area contributed by atoms with E-state index in [1.54, 1.807) is 23.1 Å². The van der Waals surface area contributed by atoms with Gasteiger partial charge in [-0.2, -0.15) is 13.2 Å². The average molecular weight is 641 g/mol. The van der Waals surface area contributed by atoms with Crippen LogP contribution in [0.4, 0.5) is 13.2 Å². The number of hydrogen-bond acceptors (Lipinski definition) is 8. The number of nitrogens with one attached hydrogen (secondary N) is 1. The quantitative estimate of drug-likeness (QED) is 0.148. The lowest BCUT2D eigenvalue weighted by molar-refractivity contribution is -0.192. The molecule has 5 rings (SSSR count). The Balaban J connectivity index is 0.000000517. The summed E-state index contributed by atoms with van der Waals surface area (Å²) in [4.78, 5) is 29.6. The van der Waals surface area contributed by atoms with Crippen LogP contribution in [0.25, 0.3) is 21.8 Å². The van der Waals surface area contributed by atoms with E-state index in [2.05, 4.69) is 4.90 Å². The van der Waals surface area contributed by atoms with Crippen molar-refractivity contribution >= 4 is 52.1 Å². The number of benzene rings is 1. The number of aliphatic carboxylic acids is 1. The highest BCUT2D eigenvalue weighted by Crippen LogP contribution is 2.40. The van der Waals surface area contributed by atoms with Crippen LogP contribution in [-0.2, 0) is 9.59 Å². The van der Waals surface area contributed by atoms with E-state index >= 15 is 0 Å². The number of nitrogens with two attached hydrogens (primary N) is 1. The van der Waals surface area contributed by atoms with E-state index in [0.717, 1.165) is 50.3 Å². The molecule has 4 N–H and O–H groups in total. The molecule has 1 aliphatic carbocycles. The molecule has 1 aliphatic heterocycles. The highest BCUT2D eigenvalue weighted by atomic mass is 32.2. The summed E-state index contributed by atoms with van der Waals surface area (Å²) in [6, 6.07) is 10.2. The summed E-state index contributed by atoms with van der Waals surface area (Å²) in [6.45, 7) is 0.936. The molecule has 8 nitrogen and oxygen atoms in total. The number of ether oxygens (including phenoxy) is 1. The zero-order chi connectivity index (χ0) is 30.4. The van der Waals surface area contributed by atoms with Crippen LogP contribution >= 0.6 is 34.4 Å². The zero-order valence-electron chi connectivity index (χ0n) is 22.8. The van der Waals surface area contributed by atoms with Gasteiger partial charge in [0.15, 0.2) is 6.61 Å². The van der Waals surface area contributed by atoms with E-state index in [0.29, 0.717) is 17.7 Å². The van der Waals surface area contributed by atoms with Gasteiger partial charge in [-0.15, -0.1) is 34.4 Å². The Morgan fingerprint density at radius 1 is 1.21 bits per heavy atom. The summed E-state index contributed by atoms with van der Waals surface area (Å²) < 4.78 is 38.8. The number of carboxylic acids is 1. The maximum atomic E-state index is 13.0. The second-order valence-electron chi connectivity index (χ2n) is 9.93. The van der Waals surface area contributed by atoms with Crippen LogP contribution < -0.4 is 10.5 Å². The van der Waals surface area contributed by atoms with Crippen molar-refractivity contribution in [2.45, 2.75) is 55.0 Å². The molecule has 1 amide bonds. The predicted molar refractivity (Wildman–Crippen MR) is 160 cm³/mol. The van der Waals surface area contributed by atoms with Crippen molar-refractivity contribution in [1.29, 1.82) is 5.41 Å². The van der Waals surface area contributed by atoms with Crippen LogP contribution in [0.3, 0.4) is 0 Å². The molecule has 3 aromatic rings. The van der Waals surface area contributed by atoms with Crippen LogP contribution in [0.5, 0.6) is 5.75 Å². The number of likely N-dealkylation sites (tertiary alicyclic amines) is 1.